The van der Waals surface area contributed by atoms with Crippen LogP contribution in [0.2, 0.25) is 0 Å². The number of ether oxygens (including phenoxy) is 1. The van der Waals surface area contributed by atoms with E-state index in [2.05, 4.69) is 5.32 Å². The Morgan fingerprint density at radius 2 is 1.69 bits per heavy atom. The zero-order valence-corrected chi connectivity index (χ0v) is 17.7. The Kier molecular flexibility index (Phi) is 7.92. The number of carbonyl (C=O) groups excluding carboxylic acids is 2. The lowest BCUT2D eigenvalue weighted by atomic mass is 10.2. The quantitative estimate of drug-likeness (QED) is 0.631. The number of esters is 1. The minimum atomic E-state index is -3.90. The molecule has 0 saturated carbocycles. The fraction of sp³-hybridized carbons (Fsp3) is 0.333. The first-order chi connectivity index (χ1) is 13.8. The van der Waals surface area contributed by atoms with Crippen molar-refractivity contribution in [3.05, 3.63) is 59.7 Å². The van der Waals surface area contributed by atoms with Crippen LogP contribution >= 0.6 is 0 Å². The molecule has 8 heteroatoms. The molecule has 0 bridgehead atoms. The van der Waals surface area contributed by atoms with E-state index in [0.29, 0.717) is 12.1 Å². The van der Waals surface area contributed by atoms with Crippen LogP contribution in [0.5, 0.6) is 0 Å². The molecule has 2 aromatic carbocycles. The Balaban J connectivity index is 2.18. The zero-order valence-electron chi connectivity index (χ0n) is 16.8. The van der Waals surface area contributed by atoms with Crippen LogP contribution in [0.4, 0.5) is 5.69 Å². The summed E-state index contributed by atoms with van der Waals surface area (Å²) < 4.78 is 32.1. The van der Waals surface area contributed by atoms with E-state index in [1.807, 2.05) is 26.0 Å². The summed E-state index contributed by atoms with van der Waals surface area (Å²) in [5.74, 6) is -0.932. The first kappa shape index (κ1) is 22.6. The molecule has 0 aliphatic rings. The highest BCUT2D eigenvalue weighted by Gasteiger charge is 2.26. The Hall–Kier alpha value is -2.71. The van der Waals surface area contributed by atoms with Crippen LogP contribution in [0.3, 0.4) is 0 Å². The lowest BCUT2D eigenvalue weighted by molar-refractivity contribution is -0.116. The first-order valence-corrected chi connectivity index (χ1v) is 10.9. The average molecular weight is 419 g/mol. The fourth-order valence-corrected chi connectivity index (χ4v) is 4.21. The standard InChI is InChI=1S/C21H26N2O5S/c1-4-14-23(15-20(24)22-19-9-7-6-8-16(19)3)29(26,27)18-12-10-17(11-13-18)21(25)28-5-2/h6-13H,4-5,14-15H2,1-3H3,(H,22,24). The van der Waals surface area contributed by atoms with Gasteiger partial charge in [0.15, 0.2) is 0 Å². The molecule has 0 unspecified atom stereocenters. The smallest absolute Gasteiger partial charge is 0.338 e. The highest BCUT2D eigenvalue weighted by molar-refractivity contribution is 7.89. The van der Waals surface area contributed by atoms with Gasteiger partial charge in [0.05, 0.1) is 23.6 Å². The molecule has 0 saturated heterocycles. The Morgan fingerprint density at radius 1 is 1.03 bits per heavy atom. The summed E-state index contributed by atoms with van der Waals surface area (Å²) in [5, 5.41) is 2.75. The summed E-state index contributed by atoms with van der Waals surface area (Å²) in [6, 6.07) is 12.8. The number of benzene rings is 2. The second-order valence-corrected chi connectivity index (χ2v) is 8.38. The molecule has 0 heterocycles. The van der Waals surface area contributed by atoms with Crippen molar-refractivity contribution in [2.45, 2.75) is 32.1 Å². The Morgan fingerprint density at radius 3 is 2.28 bits per heavy atom. The maximum Gasteiger partial charge on any atom is 0.338 e. The molecule has 0 aliphatic heterocycles. The van der Waals surface area contributed by atoms with Gasteiger partial charge in [-0.05, 0) is 56.2 Å². The largest absolute Gasteiger partial charge is 0.462 e. The van der Waals surface area contributed by atoms with Gasteiger partial charge in [0, 0.05) is 12.2 Å². The van der Waals surface area contributed by atoms with Gasteiger partial charge < -0.3 is 10.1 Å². The summed E-state index contributed by atoms with van der Waals surface area (Å²) in [6.45, 7) is 5.53. The molecule has 2 aromatic rings. The molecule has 0 spiro atoms. The van der Waals surface area contributed by atoms with Gasteiger partial charge in [0.1, 0.15) is 0 Å². The van der Waals surface area contributed by atoms with Gasteiger partial charge in [-0.2, -0.15) is 4.31 Å². The molecular weight excluding hydrogens is 392 g/mol. The Labute approximate surface area is 171 Å². The van der Waals surface area contributed by atoms with E-state index >= 15 is 0 Å². The van der Waals surface area contributed by atoms with Crippen molar-refractivity contribution in [1.82, 2.24) is 4.31 Å². The summed E-state index contributed by atoms with van der Waals surface area (Å²) in [6.07, 6.45) is 0.553. The second kappa shape index (κ2) is 10.2. The number of anilines is 1. The molecule has 2 rings (SSSR count). The lowest BCUT2D eigenvalue weighted by Gasteiger charge is -2.21. The summed E-state index contributed by atoms with van der Waals surface area (Å²) >= 11 is 0. The second-order valence-electron chi connectivity index (χ2n) is 6.45. The number of carbonyl (C=O) groups is 2. The molecule has 156 valence electrons. The van der Waals surface area contributed by atoms with Crippen molar-refractivity contribution in [2.24, 2.45) is 0 Å². The lowest BCUT2D eigenvalue weighted by Crippen LogP contribution is -2.38. The van der Waals surface area contributed by atoms with Crippen LogP contribution in [0.15, 0.2) is 53.4 Å². The third-order valence-corrected chi connectivity index (χ3v) is 6.07. The van der Waals surface area contributed by atoms with E-state index in [9.17, 15) is 18.0 Å². The monoisotopic (exact) mass is 418 g/mol. The van der Waals surface area contributed by atoms with Crippen molar-refractivity contribution in [3.8, 4) is 0 Å². The van der Waals surface area contributed by atoms with E-state index in [4.69, 9.17) is 4.74 Å². The number of nitrogens with zero attached hydrogens (tertiary/aromatic N) is 1. The van der Waals surface area contributed by atoms with Crippen LogP contribution in [-0.4, -0.2) is 44.3 Å². The topological polar surface area (TPSA) is 92.8 Å². The van der Waals surface area contributed by atoms with Crippen LogP contribution in [0.25, 0.3) is 0 Å². The van der Waals surface area contributed by atoms with Gasteiger partial charge in [-0.25, -0.2) is 13.2 Å². The third-order valence-electron chi connectivity index (χ3n) is 4.22. The molecule has 0 fully saturated rings. The van der Waals surface area contributed by atoms with Crippen molar-refractivity contribution in [1.29, 1.82) is 0 Å². The maximum absolute atomic E-state index is 13.0. The van der Waals surface area contributed by atoms with E-state index in [-0.39, 0.29) is 30.2 Å². The minimum absolute atomic E-state index is 0.0164. The van der Waals surface area contributed by atoms with Crippen molar-refractivity contribution in [2.75, 3.05) is 25.0 Å². The van der Waals surface area contributed by atoms with Crippen LogP contribution in [0.1, 0.15) is 36.2 Å². The number of hydrogen-bond acceptors (Lipinski definition) is 5. The summed E-state index contributed by atoms with van der Waals surface area (Å²) in [4.78, 5) is 24.2. The van der Waals surface area contributed by atoms with Crippen molar-refractivity contribution in [3.63, 3.8) is 0 Å². The molecular formula is C21H26N2O5S. The van der Waals surface area contributed by atoms with Crippen molar-refractivity contribution < 1.29 is 22.7 Å². The van der Waals surface area contributed by atoms with Crippen LogP contribution < -0.4 is 5.32 Å². The summed E-state index contributed by atoms with van der Waals surface area (Å²) in [5.41, 5.74) is 1.80. The Bertz CT molecular complexity index is 955. The number of para-hydroxylation sites is 1. The SMILES string of the molecule is CCCN(CC(=O)Nc1ccccc1C)S(=O)(=O)c1ccc(C(=O)OCC)cc1. The predicted octanol–water partition coefficient (Wildman–Crippen LogP) is 3.21. The fourth-order valence-electron chi connectivity index (χ4n) is 2.72. The molecule has 1 N–H and O–H groups in total. The van der Waals surface area contributed by atoms with Gasteiger partial charge in [0.2, 0.25) is 15.9 Å². The van der Waals surface area contributed by atoms with Crippen LogP contribution in [-0.2, 0) is 19.6 Å². The number of nitrogens with one attached hydrogen (secondary N) is 1. The molecule has 7 nitrogen and oxygen atoms in total. The first-order valence-electron chi connectivity index (χ1n) is 9.42. The van der Waals surface area contributed by atoms with E-state index in [1.54, 1.807) is 19.1 Å². The maximum atomic E-state index is 13.0. The molecule has 0 radical (unpaired) electrons. The summed E-state index contributed by atoms with van der Waals surface area (Å²) in [7, 11) is -3.90. The van der Waals surface area contributed by atoms with E-state index < -0.39 is 21.9 Å². The zero-order chi connectivity index (χ0) is 21.4. The number of rotatable bonds is 9. The van der Waals surface area contributed by atoms with Gasteiger partial charge in [-0.1, -0.05) is 25.1 Å². The number of sulfonamides is 1. The molecule has 1 amide bonds. The normalized spacial score (nSPS) is 11.3. The number of hydrogen-bond donors (Lipinski definition) is 1. The highest BCUT2D eigenvalue weighted by atomic mass is 32.2. The molecule has 0 aromatic heterocycles. The van der Waals surface area contributed by atoms with Gasteiger partial charge in [-0.3, -0.25) is 4.79 Å². The number of aryl methyl sites for hydroxylation is 1. The predicted molar refractivity (Wildman–Crippen MR) is 111 cm³/mol. The van der Waals surface area contributed by atoms with E-state index in [1.165, 1.54) is 24.3 Å². The van der Waals surface area contributed by atoms with Gasteiger partial charge in [-0.15, -0.1) is 0 Å². The minimum Gasteiger partial charge on any atom is -0.462 e. The van der Waals surface area contributed by atoms with Crippen molar-refractivity contribution >= 4 is 27.6 Å². The van der Waals surface area contributed by atoms with E-state index in [0.717, 1.165) is 9.87 Å². The number of amides is 1. The van der Waals surface area contributed by atoms with Crippen LogP contribution in [0, 0.1) is 6.92 Å². The third kappa shape index (κ3) is 5.88. The van der Waals surface area contributed by atoms with Gasteiger partial charge >= 0.3 is 5.97 Å². The molecule has 0 aliphatic carbocycles. The molecule has 0 atom stereocenters. The molecule has 29 heavy (non-hydrogen) atoms. The van der Waals surface area contributed by atoms with Gasteiger partial charge in [0.25, 0.3) is 0 Å². The highest BCUT2D eigenvalue weighted by Crippen LogP contribution is 2.18. The average Bonchev–Trinajstić information content (AvgIpc) is 2.69.